The molecule has 25 heavy (non-hydrogen) atoms. The van der Waals surface area contributed by atoms with Crippen molar-refractivity contribution in [2.24, 2.45) is 0 Å². The molecule has 0 N–H and O–H groups in total. The first kappa shape index (κ1) is 17.2. The molecule has 2 heteroatoms. The molecule has 0 amide bonds. The quantitative estimate of drug-likeness (QED) is 0.569. The van der Waals surface area contributed by atoms with E-state index < -0.39 is 0 Å². The average molecular weight is 332 g/mol. The molecule has 0 aromatic heterocycles. The van der Waals surface area contributed by atoms with Crippen molar-refractivity contribution >= 4 is 0 Å². The Labute approximate surface area is 150 Å². The summed E-state index contributed by atoms with van der Waals surface area (Å²) < 4.78 is 10.7. The second-order valence-corrected chi connectivity index (χ2v) is 6.08. The highest BCUT2D eigenvalue weighted by Gasteiger charge is 2.01. The molecule has 0 heterocycles. The Balaban J connectivity index is 1.67. The van der Waals surface area contributed by atoms with Crippen LogP contribution in [0.5, 0.6) is 5.75 Å². The van der Waals surface area contributed by atoms with Gasteiger partial charge in [0.25, 0.3) is 0 Å². The van der Waals surface area contributed by atoms with Gasteiger partial charge in [-0.1, -0.05) is 60.7 Å². The molecule has 0 saturated carbocycles. The maximum atomic E-state index is 5.50. The fourth-order valence-electron chi connectivity index (χ4n) is 2.88. The van der Waals surface area contributed by atoms with Crippen molar-refractivity contribution < 1.29 is 9.47 Å². The van der Waals surface area contributed by atoms with E-state index in [2.05, 4.69) is 60.7 Å². The monoisotopic (exact) mass is 332 g/mol. The number of benzene rings is 3. The van der Waals surface area contributed by atoms with Crippen LogP contribution in [0, 0.1) is 0 Å². The van der Waals surface area contributed by atoms with Gasteiger partial charge in [-0.05, 0) is 53.3 Å². The summed E-state index contributed by atoms with van der Waals surface area (Å²) in [5.74, 6) is 0.916. The molecule has 0 radical (unpaired) electrons. The summed E-state index contributed by atoms with van der Waals surface area (Å²) in [5, 5.41) is 0. The molecule has 0 aliphatic heterocycles. The largest absolute Gasteiger partial charge is 0.494 e. The van der Waals surface area contributed by atoms with Crippen molar-refractivity contribution in [1.29, 1.82) is 0 Å². The molecule has 3 rings (SSSR count). The Hall–Kier alpha value is -2.58. The number of ether oxygens (including phenoxy) is 2. The zero-order valence-electron chi connectivity index (χ0n) is 14.9. The molecule has 0 unspecified atom stereocenters. The van der Waals surface area contributed by atoms with Crippen LogP contribution in [0.4, 0.5) is 0 Å². The molecule has 2 nitrogen and oxygen atoms in total. The molecule has 128 valence electrons. The number of hydrogen-bond donors (Lipinski definition) is 0. The van der Waals surface area contributed by atoms with Crippen molar-refractivity contribution in [2.75, 3.05) is 13.7 Å². The maximum Gasteiger partial charge on any atom is 0.119 e. The minimum atomic E-state index is 0.664. The molecule has 0 bridgehead atoms. The Morgan fingerprint density at radius 3 is 1.64 bits per heavy atom. The average Bonchev–Trinajstić information content (AvgIpc) is 2.65. The molecular formula is C23H24O2. The van der Waals surface area contributed by atoms with Crippen LogP contribution in [0.3, 0.4) is 0 Å². The summed E-state index contributed by atoms with van der Waals surface area (Å²) in [6.45, 7) is 3.36. The van der Waals surface area contributed by atoms with Gasteiger partial charge in [0.2, 0.25) is 0 Å². The van der Waals surface area contributed by atoms with Gasteiger partial charge in [-0.15, -0.1) is 0 Å². The molecule has 0 saturated heterocycles. The van der Waals surface area contributed by atoms with E-state index in [-0.39, 0.29) is 0 Å². The van der Waals surface area contributed by atoms with E-state index in [0.29, 0.717) is 13.2 Å². The summed E-state index contributed by atoms with van der Waals surface area (Å²) >= 11 is 0. The Kier molecular flexibility index (Phi) is 5.86. The number of methoxy groups -OCH3 is 1. The van der Waals surface area contributed by atoms with Gasteiger partial charge in [0.1, 0.15) is 5.75 Å². The third-order valence-corrected chi connectivity index (χ3v) is 4.19. The van der Waals surface area contributed by atoms with E-state index >= 15 is 0 Å². The first-order valence-corrected chi connectivity index (χ1v) is 8.67. The second-order valence-electron chi connectivity index (χ2n) is 6.08. The summed E-state index contributed by atoms with van der Waals surface area (Å²) in [6.07, 6.45) is 0.941. The highest BCUT2D eigenvalue weighted by Crippen LogP contribution is 2.23. The Morgan fingerprint density at radius 2 is 1.12 bits per heavy atom. The van der Waals surface area contributed by atoms with Crippen molar-refractivity contribution in [3.05, 3.63) is 89.5 Å². The van der Waals surface area contributed by atoms with Crippen LogP contribution in [0.2, 0.25) is 0 Å². The SMILES string of the molecule is CCOc1ccc(-c2ccc(Cc3ccc(COC)cc3)cc2)cc1. The first-order valence-electron chi connectivity index (χ1n) is 8.67. The van der Waals surface area contributed by atoms with E-state index in [1.807, 2.05) is 19.1 Å². The van der Waals surface area contributed by atoms with E-state index in [1.165, 1.54) is 27.8 Å². The first-order chi connectivity index (χ1) is 12.3. The zero-order valence-corrected chi connectivity index (χ0v) is 14.9. The third kappa shape index (κ3) is 4.71. The van der Waals surface area contributed by atoms with E-state index in [0.717, 1.165) is 12.2 Å². The van der Waals surface area contributed by atoms with Gasteiger partial charge in [0.15, 0.2) is 0 Å². The Morgan fingerprint density at radius 1 is 0.640 bits per heavy atom. The highest BCUT2D eigenvalue weighted by atomic mass is 16.5. The third-order valence-electron chi connectivity index (χ3n) is 4.19. The predicted octanol–water partition coefficient (Wildman–Crippen LogP) is 5.49. The normalized spacial score (nSPS) is 10.6. The lowest BCUT2D eigenvalue weighted by atomic mass is 10.00. The van der Waals surface area contributed by atoms with Gasteiger partial charge in [-0.2, -0.15) is 0 Å². The van der Waals surface area contributed by atoms with Crippen LogP contribution >= 0.6 is 0 Å². The lowest BCUT2D eigenvalue weighted by Crippen LogP contribution is -1.92. The van der Waals surface area contributed by atoms with Gasteiger partial charge in [-0.25, -0.2) is 0 Å². The van der Waals surface area contributed by atoms with Crippen molar-refractivity contribution in [1.82, 2.24) is 0 Å². The molecule has 0 fully saturated rings. The molecule has 0 aliphatic rings. The summed E-state index contributed by atoms with van der Waals surface area (Å²) in [7, 11) is 1.72. The minimum absolute atomic E-state index is 0.664. The topological polar surface area (TPSA) is 18.5 Å². The van der Waals surface area contributed by atoms with Gasteiger partial charge < -0.3 is 9.47 Å². The van der Waals surface area contributed by atoms with E-state index in [1.54, 1.807) is 7.11 Å². The van der Waals surface area contributed by atoms with Crippen LogP contribution in [-0.4, -0.2) is 13.7 Å². The smallest absolute Gasteiger partial charge is 0.119 e. The van der Waals surface area contributed by atoms with E-state index in [9.17, 15) is 0 Å². The van der Waals surface area contributed by atoms with Crippen LogP contribution in [0.1, 0.15) is 23.6 Å². The lowest BCUT2D eigenvalue weighted by Gasteiger charge is -2.07. The van der Waals surface area contributed by atoms with Gasteiger partial charge in [0, 0.05) is 7.11 Å². The van der Waals surface area contributed by atoms with Crippen LogP contribution in [0.15, 0.2) is 72.8 Å². The van der Waals surface area contributed by atoms with Gasteiger partial charge in [0.05, 0.1) is 13.2 Å². The van der Waals surface area contributed by atoms with Crippen molar-refractivity contribution in [2.45, 2.75) is 20.0 Å². The molecule has 0 atom stereocenters. The fraction of sp³-hybridized carbons (Fsp3) is 0.217. The molecule has 3 aromatic rings. The molecule has 0 aliphatic carbocycles. The number of rotatable bonds is 7. The number of hydrogen-bond acceptors (Lipinski definition) is 2. The molecular weight excluding hydrogens is 308 g/mol. The molecule has 0 spiro atoms. The van der Waals surface area contributed by atoms with Crippen LogP contribution in [-0.2, 0) is 17.8 Å². The van der Waals surface area contributed by atoms with Crippen molar-refractivity contribution in [3.63, 3.8) is 0 Å². The highest BCUT2D eigenvalue weighted by molar-refractivity contribution is 5.64. The Bertz CT molecular complexity index is 772. The van der Waals surface area contributed by atoms with Gasteiger partial charge >= 0.3 is 0 Å². The van der Waals surface area contributed by atoms with Crippen LogP contribution < -0.4 is 4.74 Å². The maximum absolute atomic E-state index is 5.50. The summed E-state index contributed by atoms with van der Waals surface area (Å²) in [5.41, 5.74) is 6.26. The predicted molar refractivity (Wildman–Crippen MR) is 103 cm³/mol. The zero-order chi connectivity index (χ0) is 17.5. The fourth-order valence-corrected chi connectivity index (χ4v) is 2.88. The second kappa shape index (κ2) is 8.50. The van der Waals surface area contributed by atoms with Crippen molar-refractivity contribution in [3.8, 4) is 16.9 Å². The van der Waals surface area contributed by atoms with E-state index in [4.69, 9.17) is 9.47 Å². The standard InChI is InChI=1S/C23H24O2/c1-3-25-23-14-12-22(13-15-23)21-10-8-19(9-11-21)16-18-4-6-20(7-5-18)17-24-2/h4-15H,3,16-17H2,1-2H3. The minimum Gasteiger partial charge on any atom is -0.494 e. The van der Waals surface area contributed by atoms with Crippen LogP contribution in [0.25, 0.3) is 11.1 Å². The summed E-state index contributed by atoms with van der Waals surface area (Å²) in [6, 6.07) is 25.6. The van der Waals surface area contributed by atoms with Gasteiger partial charge in [-0.3, -0.25) is 0 Å². The summed E-state index contributed by atoms with van der Waals surface area (Å²) in [4.78, 5) is 0. The lowest BCUT2D eigenvalue weighted by molar-refractivity contribution is 0.185. The molecule has 3 aromatic carbocycles.